The molecule has 0 saturated heterocycles. The van der Waals surface area contributed by atoms with Crippen LogP contribution in [0.4, 0.5) is 13.2 Å². The Labute approximate surface area is 115 Å². The summed E-state index contributed by atoms with van der Waals surface area (Å²) in [5.41, 5.74) is -0.168. The highest BCUT2D eigenvalue weighted by molar-refractivity contribution is 6.20. The van der Waals surface area contributed by atoms with Crippen molar-refractivity contribution < 1.29 is 18.0 Å². The number of halogens is 4. The summed E-state index contributed by atoms with van der Waals surface area (Å²) < 4.78 is 37.1. The van der Waals surface area contributed by atoms with Crippen LogP contribution in [0, 0.1) is 0 Å². The summed E-state index contributed by atoms with van der Waals surface area (Å²) in [4.78, 5) is 13.2. The lowest BCUT2D eigenvalue weighted by Gasteiger charge is -2.18. The second kappa shape index (κ2) is 6.28. The van der Waals surface area contributed by atoms with Crippen LogP contribution < -0.4 is 0 Å². The van der Waals surface area contributed by atoms with E-state index in [1.165, 1.54) is 17.0 Å². The van der Waals surface area contributed by atoms with Gasteiger partial charge in [0.05, 0.1) is 12.0 Å². The minimum atomic E-state index is -4.35. The van der Waals surface area contributed by atoms with E-state index in [0.717, 1.165) is 12.1 Å². The molecule has 0 heterocycles. The average Bonchev–Trinajstić information content (AvgIpc) is 2.27. The maximum atomic E-state index is 12.4. The van der Waals surface area contributed by atoms with Gasteiger partial charge in [0.1, 0.15) is 0 Å². The van der Waals surface area contributed by atoms with Gasteiger partial charge in [0.2, 0.25) is 5.91 Å². The van der Waals surface area contributed by atoms with Crippen molar-refractivity contribution in [2.75, 3.05) is 13.6 Å². The first-order chi connectivity index (χ1) is 8.70. The van der Waals surface area contributed by atoms with E-state index in [0.29, 0.717) is 12.1 Å². The average molecular weight is 294 g/mol. The van der Waals surface area contributed by atoms with Crippen LogP contribution in [0.15, 0.2) is 24.3 Å². The first-order valence-corrected chi connectivity index (χ1v) is 6.18. The molecule has 2 nitrogen and oxygen atoms in total. The fourth-order valence-corrected chi connectivity index (χ4v) is 1.81. The zero-order valence-electron chi connectivity index (χ0n) is 10.7. The lowest BCUT2D eigenvalue weighted by molar-refractivity contribution is -0.137. The molecular formula is C13H15ClF3NO. The van der Waals surface area contributed by atoms with Crippen molar-refractivity contribution in [2.45, 2.75) is 24.9 Å². The van der Waals surface area contributed by atoms with E-state index in [2.05, 4.69) is 0 Å². The molecule has 0 aromatic heterocycles. The summed E-state index contributed by atoms with van der Waals surface area (Å²) in [5.74, 6) is -0.174. The van der Waals surface area contributed by atoms with E-state index >= 15 is 0 Å². The van der Waals surface area contributed by atoms with Crippen molar-refractivity contribution in [1.29, 1.82) is 0 Å². The quantitative estimate of drug-likeness (QED) is 0.780. The summed E-state index contributed by atoms with van der Waals surface area (Å²) in [5, 5.41) is -0.165. The molecule has 0 aliphatic rings. The summed E-state index contributed by atoms with van der Waals surface area (Å²) in [7, 11) is 1.62. The number of hydrogen-bond acceptors (Lipinski definition) is 1. The van der Waals surface area contributed by atoms with Crippen LogP contribution in [0.25, 0.3) is 0 Å². The zero-order valence-corrected chi connectivity index (χ0v) is 11.4. The number of alkyl halides is 4. The molecule has 1 unspecified atom stereocenters. The van der Waals surface area contributed by atoms with Gasteiger partial charge in [0, 0.05) is 19.0 Å². The van der Waals surface area contributed by atoms with Crippen LogP contribution >= 0.6 is 11.6 Å². The van der Waals surface area contributed by atoms with Gasteiger partial charge in [-0.3, -0.25) is 4.79 Å². The lowest BCUT2D eigenvalue weighted by atomic mass is 10.1. The molecule has 106 valence electrons. The number of nitrogens with zero attached hydrogens (tertiary/aromatic N) is 1. The van der Waals surface area contributed by atoms with Crippen LogP contribution in [0.5, 0.6) is 0 Å². The summed E-state index contributed by atoms with van der Waals surface area (Å²) in [6.45, 7) is 2.17. The Morgan fingerprint density at radius 1 is 1.32 bits per heavy atom. The van der Waals surface area contributed by atoms with E-state index in [4.69, 9.17) is 11.6 Å². The molecular weight excluding hydrogens is 279 g/mol. The molecule has 1 aromatic rings. The van der Waals surface area contributed by atoms with Crippen LogP contribution in [0.1, 0.15) is 18.1 Å². The maximum Gasteiger partial charge on any atom is 0.416 e. The molecule has 0 N–H and O–H groups in total. The fourth-order valence-electron chi connectivity index (χ4n) is 1.60. The third-order valence-corrected chi connectivity index (χ3v) is 2.73. The van der Waals surface area contributed by atoms with E-state index in [1.807, 2.05) is 0 Å². The molecule has 0 saturated carbocycles. The number of likely N-dealkylation sites (N-methyl/N-ethyl adjacent to an activating group) is 1. The first kappa shape index (κ1) is 15.8. The van der Waals surface area contributed by atoms with Crippen molar-refractivity contribution in [2.24, 2.45) is 0 Å². The van der Waals surface area contributed by atoms with Gasteiger partial charge in [-0.05, 0) is 24.6 Å². The van der Waals surface area contributed by atoms with Gasteiger partial charge < -0.3 is 4.90 Å². The maximum absolute atomic E-state index is 12.4. The minimum absolute atomic E-state index is 0.0677. The molecule has 1 atom stereocenters. The molecule has 0 radical (unpaired) electrons. The zero-order chi connectivity index (χ0) is 14.6. The van der Waals surface area contributed by atoms with Gasteiger partial charge in [0.25, 0.3) is 0 Å². The topological polar surface area (TPSA) is 20.3 Å². The second-order valence-corrected chi connectivity index (χ2v) is 5.17. The Kier molecular flexibility index (Phi) is 5.23. The van der Waals surface area contributed by atoms with Crippen LogP contribution in [-0.2, 0) is 17.4 Å². The van der Waals surface area contributed by atoms with Crippen molar-refractivity contribution >= 4 is 17.5 Å². The molecule has 0 aliphatic heterocycles. The molecule has 0 spiro atoms. The number of hydrogen-bond donors (Lipinski definition) is 0. The molecule has 1 amide bonds. The van der Waals surface area contributed by atoms with Crippen molar-refractivity contribution in [3.63, 3.8) is 0 Å². The second-order valence-electron chi connectivity index (χ2n) is 4.43. The molecule has 0 bridgehead atoms. The van der Waals surface area contributed by atoms with Gasteiger partial charge in [-0.2, -0.15) is 13.2 Å². The lowest BCUT2D eigenvalue weighted by Crippen LogP contribution is -2.32. The number of carbonyl (C=O) groups is 1. The van der Waals surface area contributed by atoms with Crippen molar-refractivity contribution in [1.82, 2.24) is 4.90 Å². The normalized spacial score (nSPS) is 13.2. The number of benzene rings is 1. The van der Waals surface area contributed by atoms with Gasteiger partial charge in [-0.1, -0.05) is 12.1 Å². The third kappa shape index (κ3) is 5.11. The van der Waals surface area contributed by atoms with Crippen LogP contribution in [0.3, 0.4) is 0 Å². The molecule has 1 rings (SSSR count). The summed E-state index contributed by atoms with van der Waals surface area (Å²) >= 11 is 5.77. The molecule has 19 heavy (non-hydrogen) atoms. The molecule has 0 aliphatic carbocycles. The number of rotatable bonds is 4. The molecule has 0 fully saturated rings. The van der Waals surface area contributed by atoms with Gasteiger partial charge in [-0.25, -0.2) is 0 Å². The van der Waals surface area contributed by atoms with E-state index in [-0.39, 0.29) is 17.7 Å². The summed E-state index contributed by atoms with van der Waals surface area (Å²) in [6, 6.07) is 4.59. The number of amides is 1. The van der Waals surface area contributed by atoms with Crippen LogP contribution in [-0.4, -0.2) is 29.8 Å². The predicted molar refractivity (Wildman–Crippen MR) is 68.1 cm³/mol. The third-order valence-electron chi connectivity index (χ3n) is 2.59. The van der Waals surface area contributed by atoms with Crippen molar-refractivity contribution in [3.8, 4) is 0 Å². The fraction of sp³-hybridized carbons (Fsp3) is 0.462. The standard InChI is InChI=1S/C13H15ClF3NO/c1-9(14)8-18(2)12(19)7-10-3-5-11(6-4-10)13(15,16)17/h3-6,9H,7-8H2,1-2H3. The van der Waals surface area contributed by atoms with Gasteiger partial charge in [-0.15, -0.1) is 11.6 Å². The SMILES string of the molecule is CC(Cl)CN(C)C(=O)Cc1ccc(C(F)(F)F)cc1. The van der Waals surface area contributed by atoms with E-state index in [1.54, 1.807) is 14.0 Å². The van der Waals surface area contributed by atoms with E-state index in [9.17, 15) is 18.0 Å². The Morgan fingerprint density at radius 3 is 2.26 bits per heavy atom. The molecule has 6 heteroatoms. The Morgan fingerprint density at radius 2 is 1.84 bits per heavy atom. The summed E-state index contributed by atoms with van der Waals surface area (Å²) in [6.07, 6.45) is -4.29. The highest BCUT2D eigenvalue weighted by atomic mass is 35.5. The Balaban J connectivity index is 2.66. The minimum Gasteiger partial charge on any atom is -0.344 e. The monoisotopic (exact) mass is 293 g/mol. The largest absolute Gasteiger partial charge is 0.416 e. The molecule has 1 aromatic carbocycles. The Hall–Kier alpha value is -1.23. The predicted octanol–water partition coefficient (Wildman–Crippen LogP) is 3.33. The van der Waals surface area contributed by atoms with Crippen LogP contribution in [0.2, 0.25) is 0 Å². The van der Waals surface area contributed by atoms with E-state index < -0.39 is 11.7 Å². The van der Waals surface area contributed by atoms with Gasteiger partial charge in [0.15, 0.2) is 0 Å². The highest BCUT2D eigenvalue weighted by Crippen LogP contribution is 2.29. The Bertz CT molecular complexity index is 429. The van der Waals surface area contributed by atoms with Gasteiger partial charge >= 0.3 is 6.18 Å². The number of carbonyl (C=O) groups excluding carboxylic acids is 1. The van der Waals surface area contributed by atoms with Crippen molar-refractivity contribution in [3.05, 3.63) is 35.4 Å². The first-order valence-electron chi connectivity index (χ1n) is 5.74. The highest BCUT2D eigenvalue weighted by Gasteiger charge is 2.30. The smallest absolute Gasteiger partial charge is 0.344 e.